The second-order valence-electron chi connectivity index (χ2n) is 7.33. The Kier molecular flexibility index (Phi) is 7.52. The Bertz CT molecular complexity index is 1000. The van der Waals surface area contributed by atoms with Crippen molar-refractivity contribution in [1.29, 1.82) is 0 Å². The van der Waals surface area contributed by atoms with Crippen molar-refractivity contribution in [3.63, 3.8) is 0 Å². The summed E-state index contributed by atoms with van der Waals surface area (Å²) in [5, 5.41) is 9.80. The number of hydrogen-bond acceptors (Lipinski definition) is 4. The van der Waals surface area contributed by atoms with E-state index in [0.717, 1.165) is 23.2 Å². The molecule has 0 radical (unpaired) electrons. The number of hydrogen-bond donors (Lipinski definition) is 3. The fourth-order valence-corrected chi connectivity index (χ4v) is 3.72. The molecular weight excluding hydrogens is 410 g/mol. The molecule has 0 spiro atoms. The van der Waals surface area contributed by atoms with E-state index in [-0.39, 0.29) is 5.91 Å². The Labute approximate surface area is 189 Å². The molecule has 2 aromatic rings. The first-order valence-electron chi connectivity index (χ1n) is 10.5. The molecule has 6 nitrogen and oxygen atoms in total. The van der Waals surface area contributed by atoms with Gasteiger partial charge in [0.1, 0.15) is 0 Å². The lowest BCUT2D eigenvalue weighted by molar-refractivity contribution is -0.113. The van der Waals surface area contributed by atoms with Gasteiger partial charge in [0, 0.05) is 11.4 Å². The predicted octanol–water partition coefficient (Wildman–Crippen LogP) is 4.61. The number of para-hydroxylation sites is 1. The first-order valence-corrected chi connectivity index (χ1v) is 10.9. The lowest BCUT2D eigenvalue weighted by Crippen LogP contribution is -2.45. The number of carbonyl (C=O) groups is 1. The molecule has 3 N–H and O–H groups in total. The van der Waals surface area contributed by atoms with Crippen LogP contribution in [0.15, 0.2) is 53.7 Å². The van der Waals surface area contributed by atoms with Crippen LogP contribution in [0.4, 0.5) is 5.69 Å². The van der Waals surface area contributed by atoms with Gasteiger partial charge in [-0.05, 0) is 68.7 Å². The maximum absolute atomic E-state index is 13.3. The van der Waals surface area contributed by atoms with E-state index in [1.165, 1.54) is 0 Å². The summed E-state index contributed by atoms with van der Waals surface area (Å²) in [7, 11) is 0. The van der Waals surface area contributed by atoms with E-state index in [1.807, 2.05) is 63.2 Å². The molecule has 1 heterocycles. The Morgan fingerprint density at radius 2 is 1.87 bits per heavy atom. The van der Waals surface area contributed by atoms with Crippen molar-refractivity contribution in [1.82, 2.24) is 10.6 Å². The van der Waals surface area contributed by atoms with Crippen LogP contribution >= 0.6 is 12.2 Å². The van der Waals surface area contributed by atoms with Crippen LogP contribution < -0.4 is 25.4 Å². The zero-order valence-corrected chi connectivity index (χ0v) is 19.2. The normalized spacial score (nSPS) is 15.7. The fourth-order valence-electron chi connectivity index (χ4n) is 3.45. The minimum Gasteiger partial charge on any atom is -0.490 e. The van der Waals surface area contributed by atoms with E-state index in [4.69, 9.17) is 21.7 Å². The highest BCUT2D eigenvalue weighted by molar-refractivity contribution is 7.80. The van der Waals surface area contributed by atoms with Crippen LogP contribution in [0.25, 0.3) is 0 Å². The van der Waals surface area contributed by atoms with Crippen molar-refractivity contribution in [2.45, 2.75) is 40.2 Å². The number of amides is 1. The molecule has 1 atom stereocenters. The van der Waals surface area contributed by atoms with Crippen LogP contribution in [0.2, 0.25) is 0 Å². The van der Waals surface area contributed by atoms with Gasteiger partial charge in [-0.2, -0.15) is 0 Å². The second kappa shape index (κ2) is 10.3. The van der Waals surface area contributed by atoms with E-state index in [9.17, 15) is 4.79 Å². The van der Waals surface area contributed by atoms with Gasteiger partial charge in [-0.1, -0.05) is 31.2 Å². The first-order chi connectivity index (χ1) is 14.9. The summed E-state index contributed by atoms with van der Waals surface area (Å²) >= 11 is 5.37. The van der Waals surface area contributed by atoms with E-state index >= 15 is 0 Å². The van der Waals surface area contributed by atoms with Crippen molar-refractivity contribution < 1.29 is 14.3 Å². The SMILES string of the molecule is CCCOc1ccc(C2NC(=S)NC(C)=C2C(=O)Nc2ccccc2C)cc1OCC. The van der Waals surface area contributed by atoms with Crippen LogP contribution in [0.3, 0.4) is 0 Å². The van der Waals surface area contributed by atoms with Crippen LogP contribution in [-0.4, -0.2) is 24.2 Å². The number of thiocarbonyl (C=S) groups is 1. The van der Waals surface area contributed by atoms with Gasteiger partial charge in [-0.25, -0.2) is 0 Å². The van der Waals surface area contributed by atoms with Crippen LogP contribution in [0, 0.1) is 6.92 Å². The Morgan fingerprint density at radius 1 is 1.10 bits per heavy atom. The number of benzene rings is 2. The highest BCUT2D eigenvalue weighted by Crippen LogP contribution is 2.35. The van der Waals surface area contributed by atoms with Gasteiger partial charge in [0.05, 0.1) is 24.8 Å². The molecule has 31 heavy (non-hydrogen) atoms. The number of anilines is 1. The Balaban J connectivity index is 1.96. The molecule has 0 saturated carbocycles. The third-order valence-electron chi connectivity index (χ3n) is 4.97. The summed E-state index contributed by atoms with van der Waals surface area (Å²) < 4.78 is 11.6. The molecule has 1 unspecified atom stereocenters. The monoisotopic (exact) mass is 439 g/mol. The predicted molar refractivity (Wildman–Crippen MR) is 128 cm³/mol. The largest absolute Gasteiger partial charge is 0.490 e. The summed E-state index contributed by atoms with van der Waals surface area (Å²) in [4.78, 5) is 13.3. The highest BCUT2D eigenvalue weighted by Gasteiger charge is 2.30. The number of allylic oxidation sites excluding steroid dienone is 1. The molecule has 0 aliphatic carbocycles. The lowest BCUT2D eigenvalue weighted by Gasteiger charge is -2.31. The summed E-state index contributed by atoms with van der Waals surface area (Å²) in [6, 6.07) is 13.0. The number of ether oxygens (including phenoxy) is 2. The fraction of sp³-hybridized carbons (Fsp3) is 0.333. The molecule has 0 bridgehead atoms. The number of aryl methyl sites for hydroxylation is 1. The molecule has 1 amide bonds. The molecule has 3 rings (SSSR count). The topological polar surface area (TPSA) is 71.6 Å². The van der Waals surface area contributed by atoms with Crippen molar-refractivity contribution in [3.8, 4) is 11.5 Å². The summed E-state index contributed by atoms with van der Waals surface area (Å²) in [6.45, 7) is 8.93. The van der Waals surface area contributed by atoms with Gasteiger partial charge in [-0.3, -0.25) is 4.79 Å². The van der Waals surface area contributed by atoms with Gasteiger partial charge >= 0.3 is 0 Å². The molecule has 0 aromatic heterocycles. The zero-order chi connectivity index (χ0) is 22.4. The minimum absolute atomic E-state index is 0.191. The molecule has 164 valence electrons. The second-order valence-corrected chi connectivity index (χ2v) is 7.74. The van der Waals surface area contributed by atoms with Crippen LogP contribution in [0.5, 0.6) is 11.5 Å². The zero-order valence-electron chi connectivity index (χ0n) is 18.4. The van der Waals surface area contributed by atoms with Crippen molar-refractivity contribution in [3.05, 3.63) is 64.9 Å². The Morgan fingerprint density at radius 3 is 2.58 bits per heavy atom. The average molecular weight is 440 g/mol. The molecule has 2 aromatic carbocycles. The molecular formula is C24H29N3O3S. The third kappa shape index (κ3) is 5.35. The molecule has 0 saturated heterocycles. The maximum Gasteiger partial charge on any atom is 0.255 e. The average Bonchev–Trinajstić information content (AvgIpc) is 2.74. The first kappa shape index (κ1) is 22.6. The smallest absolute Gasteiger partial charge is 0.255 e. The standard InChI is InChI=1S/C24H29N3O3S/c1-5-13-30-19-12-11-17(14-20(19)29-6-2)22-21(16(4)25-24(31)27-22)23(28)26-18-10-8-7-9-15(18)3/h7-12,14,22H,5-6,13H2,1-4H3,(H,26,28)(H2,25,27,31). The van der Waals surface area contributed by atoms with Gasteiger partial charge in [-0.15, -0.1) is 0 Å². The minimum atomic E-state index is -0.419. The maximum atomic E-state index is 13.3. The molecule has 1 aliphatic rings. The number of carbonyl (C=O) groups excluding carboxylic acids is 1. The molecule has 7 heteroatoms. The third-order valence-corrected chi connectivity index (χ3v) is 5.19. The highest BCUT2D eigenvalue weighted by atomic mass is 32.1. The van der Waals surface area contributed by atoms with Crippen LogP contribution in [0.1, 0.15) is 44.4 Å². The van der Waals surface area contributed by atoms with Gasteiger partial charge in [0.15, 0.2) is 16.6 Å². The lowest BCUT2D eigenvalue weighted by atomic mass is 9.94. The van der Waals surface area contributed by atoms with Crippen molar-refractivity contribution in [2.24, 2.45) is 0 Å². The van der Waals surface area contributed by atoms with Gasteiger partial charge < -0.3 is 25.4 Å². The van der Waals surface area contributed by atoms with Crippen molar-refractivity contribution in [2.75, 3.05) is 18.5 Å². The number of rotatable bonds is 8. The summed E-state index contributed by atoms with van der Waals surface area (Å²) in [5.41, 5.74) is 3.92. The van der Waals surface area contributed by atoms with Gasteiger partial charge in [0.2, 0.25) is 0 Å². The van der Waals surface area contributed by atoms with E-state index in [2.05, 4.69) is 22.9 Å². The van der Waals surface area contributed by atoms with Crippen LogP contribution in [-0.2, 0) is 4.79 Å². The quantitative estimate of drug-likeness (QED) is 0.522. The van der Waals surface area contributed by atoms with E-state index in [0.29, 0.717) is 41.1 Å². The Hall–Kier alpha value is -3.06. The van der Waals surface area contributed by atoms with Crippen molar-refractivity contribution >= 4 is 28.9 Å². The van der Waals surface area contributed by atoms with Gasteiger partial charge in [0.25, 0.3) is 5.91 Å². The molecule has 0 fully saturated rings. The van der Waals surface area contributed by atoms with E-state index < -0.39 is 6.04 Å². The van der Waals surface area contributed by atoms with E-state index in [1.54, 1.807) is 0 Å². The summed E-state index contributed by atoms with van der Waals surface area (Å²) in [6.07, 6.45) is 0.905. The molecule has 1 aliphatic heterocycles. The number of nitrogens with one attached hydrogen (secondary N) is 3. The summed E-state index contributed by atoms with van der Waals surface area (Å²) in [5.74, 6) is 1.15.